The van der Waals surface area contributed by atoms with E-state index in [0.29, 0.717) is 0 Å². The largest absolute Gasteiger partial charge is 0.255 e. The molecular weight excluding hydrogens is 154 g/mol. The molecule has 0 amide bonds. The summed E-state index contributed by atoms with van der Waals surface area (Å²) in [6, 6.07) is 4.04. The van der Waals surface area contributed by atoms with Crippen LogP contribution in [0.3, 0.4) is 0 Å². The van der Waals surface area contributed by atoms with E-state index >= 15 is 0 Å². The average Bonchev–Trinajstić information content (AvgIpc) is 2.06. The highest BCUT2D eigenvalue weighted by molar-refractivity contribution is 7.90. The minimum atomic E-state index is 1.03. The third-order valence-electron chi connectivity index (χ3n) is 1.86. The first-order valence-electron chi connectivity index (χ1n) is 3.71. The molecule has 0 fully saturated rings. The summed E-state index contributed by atoms with van der Waals surface area (Å²) in [5, 5.41) is 2.28. The van der Waals surface area contributed by atoms with Crippen LogP contribution in [0, 0.1) is 0 Å². The van der Waals surface area contributed by atoms with Crippen molar-refractivity contribution in [1.29, 1.82) is 0 Å². The molecule has 0 aromatic carbocycles. The first-order chi connectivity index (χ1) is 5.38. The van der Waals surface area contributed by atoms with Crippen molar-refractivity contribution in [2.75, 3.05) is 0 Å². The Morgan fingerprint density at radius 1 is 1.45 bits per heavy atom. The third kappa shape index (κ3) is 1.18. The number of hydrogen-bond acceptors (Lipinski definition) is 2. The molecule has 0 radical (unpaired) electrons. The Bertz CT molecular complexity index is 381. The van der Waals surface area contributed by atoms with Crippen LogP contribution >= 0.6 is 12.6 Å². The molecule has 1 aliphatic rings. The van der Waals surface area contributed by atoms with Crippen LogP contribution in [0.4, 0.5) is 0 Å². The zero-order valence-corrected chi connectivity index (χ0v) is 7.01. The Hall–Kier alpha value is -0.760. The first kappa shape index (κ1) is 6.92. The molecule has 2 heteroatoms. The Labute approximate surface area is 70.9 Å². The van der Waals surface area contributed by atoms with E-state index in [0.717, 1.165) is 23.1 Å². The van der Waals surface area contributed by atoms with Gasteiger partial charge in [0.25, 0.3) is 0 Å². The topological polar surface area (TPSA) is 12.9 Å². The lowest BCUT2D eigenvalue weighted by molar-refractivity contribution is 1.07. The fourth-order valence-electron chi connectivity index (χ4n) is 1.31. The van der Waals surface area contributed by atoms with Crippen LogP contribution in [0.15, 0.2) is 18.3 Å². The Balaban J connectivity index is 2.89. The van der Waals surface area contributed by atoms with Crippen LogP contribution in [-0.4, -0.2) is 4.98 Å². The van der Waals surface area contributed by atoms with Crippen LogP contribution in [0.5, 0.6) is 0 Å². The molecule has 0 atom stereocenters. The van der Waals surface area contributed by atoms with Crippen molar-refractivity contribution in [1.82, 2.24) is 4.98 Å². The molecule has 1 heterocycles. The van der Waals surface area contributed by atoms with Crippen LogP contribution < -0.4 is 10.6 Å². The summed E-state index contributed by atoms with van der Waals surface area (Å²) in [5.41, 5.74) is 0. The van der Waals surface area contributed by atoms with Gasteiger partial charge < -0.3 is 0 Å². The Kier molecular flexibility index (Phi) is 1.70. The average molecular weight is 163 g/mol. The summed E-state index contributed by atoms with van der Waals surface area (Å²) >= 11 is 4.37. The van der Waals surface area contributed by atoms with Crippen molar-refractivity contribution in [3.63, 3.8) is 0 Å². The molecule has 1 aromatic heterocycles. The van der Waals surface area contributed by atoms with E-state index in [2.05, 4.69) is 29.8 Å². The molecule has 1 aliphatic carbocycles. The van der Waals surface area contributed by atoms with Crippen LogP contribution in [0.1, 0.15) is 12.8 Å². The van der Waals surface area contributed by atoms with Gasteiger partial charge in [-0.15, -0.1) is 12.6 Å². The number of rotatable bonds is 0. The molecule has 1 nitrogen and oxygen atoms in total. The number of fused-ring (bicyclic) bond motifs is 1. The van der Waals surface area contributed by atoms with Gasteiger partial charge >= 0.3 is 0 Å². The molecule has 2 rings (SSSR count). The van der Waals surface area contributed by atoms with Gasteiger partial charge in [0, 0.05) is 11.1 Å². The number of aromatic nitrogens is 1. The highest BCUT2D eigenvalue weighted by Crippen LogP contribution is 2.09. The Morgan fingerprint density at radius 2 is 2.36 bits per heavy atom. The molecule has 0 saturated carbocycles. The summed E-state index contributed by atoms with van der Waals surface area (Å²) in [5.74, 6) is 0. The molecule has 1 aromatic rings. The molecular formula is C9H9NS. The van der Waals surface area contributed by atoms with E-state index in [1.165, 1.54) is 5.22 Å². The summed E-state index contributed by atoms with van der Waals surface area (Å²) in [4.78, 5) is 5.37. The molecule has 11 heavy (non-hydrogen) atoms. The Morgan fingerprint density at radius 3 is 3.18 bits per heavy atom. The minimum Gasteiger partial charge on any atom is -0.255 e. The summed E-state index contributed by atoms with van der Waals surface area (Å²) in [7, 11) is 0. The maximum Gasteiger partial charge on any atom is 0.0791 e. The maximum absolute atomic E-state index is 4.37. The van der Waals surface area contributed by atoms with E-state index in [1.807, 2.05) is 12.3 Å². The van der Waals surface area contributed by atoms with Crippen molar-refractivity contribution in [3.05, 3.63) is 28.9 Å². The van der Waals surface area contributed by atoms with Crippen molar-refractivity contribution in [2.24, 2.45) is 0 Å². The van der Waals surface area contributed by atoms with Gasteiger partial charge in [0.15, 0.2) is 0 Å². The first-order valence-corrected chi connectivity index (χ1v) is 4.16. The van der Waals surface area contributed by atoms with E-state index in [1.54, 1.807) is 0 Å². The van der Waals surface area contributed by atoms with Crippen molar-refractivity contribution < 1.29 is 0 Å². The van der Waals surface area contributed by atoms with Crippen molar-refractivity contribution in [3.8, 4) is 0 Å². The number of hydrogen-bond donors (Lipinski definition) is 1. The summed E-state index contributed by atoms with van der Waals surface area (Å²) < 4.78 is 0. The smallest absolute Gasteiger partial charge is 0.0791 e. The second-order valence-corrected chi connectivity index (χ2v) is 3.17. The third-order valence-corrected chi connectivity index (χ3v) is 2.29. The standard InChI is InChI=1S/C9H9NS/c11-8-5-1-3-7-4-2-6-10-9(7)8/h2-4,6,11H,1,5H2. The normalized spacial score (nSPS) is 15.5. The van der Waals surface area contributed by atoms with Crippen molar-refractivity contribution >= 4 is 23.6 Å². The zero-order valence-electron chi connectivity index (χ0n) is 6.12. The van der Waals surface area contributed by atoms with Crippen LogP contribution in [0.25, 0.3) is 11.0 Å². The fraction of sp³-hybridized carbons (Fsp3) is 0.222. The highest BCUT2D eigenvalue weighted by Gasteiger charge is 1.99. The van der Waals surface area contributed by atoms with E-state index in [9.17, 15) is 0 Å². The monoisotopic (exact) mass is 163 g/mol. The quantitative estimate of drug-likeness (QED) is 0.555. The van der Waals surface area contributed by atoms with Gasteiger partial charge in [-0.25, -0.2) is 0 Å². The molecule has 0 aliphatic heterocycles. The lowest BCUT2D eigenvalue weighted by Gasteiger charge is -2.02. The second kappa shape index (κ2) is 2.70. The number of pyridine rings is 1. The SMILES string of the molecule is SC1=c2ncccc2=CCC1. The van der Waals surface area contributed by atoms with Gasteiger partial charge in [-0.1, -0.05) is 12.1 Å². The van der Waals surface area contributed by atoms with Gasteiger partial charge in [-0.2, -0.15) is 0 Å². The number of thiol groups is 1. The minimum absolute atomic E-state index is 1.03. The predicted octanol–water partition coefficient (Wildman–Crippen LogP) is 0.694. The van der Waals surface area contributed by atoms with Gasteiger partial charge in [-0.05, 0) is 24.1 Å². The van der Waals surface area contributed by atoms with Gasteiger partial charge in [-0.3, -0.25) is 4.98 Å². The van der Waals surface area contributed by atoms with Gasteiger partial charge in [0.05, 0.1) is 5.35 Å². The molecule has 0 N–H and O–H groups in total. The van der Waals surface area contributed by atoms with Gasteiger partial charge in [0.1, 0.15) is 0 Å². The van der Waals surface area contributed by atoms with Crippen LogP contribution in [0.2, 0.25) is 0 Å². The number of nitrogens with zero attached hydrogens (tertiary/aromatic N) is 1. The predicted molar refractivity (Wildman–Crippen MR) is 49.6 cm³/mol. The summed E-state index contributed by atoms with van der Waals surface area (Å²) in [6.45, 7) is 0. The molecule has 0 saturated heterocycles. The van der Waals surface area contributed by atoms with E-state index in [-0.39, 0.29) is 0 Å². The molecule has 0 bridgehead atoms. The molecule has 0 spiro atoms. The molecule has 56 valence electrons. The zero-order chi connectivity index (χ0) is 7.68. The van der Waals surface area contributed by atoms with Crippen LogP contribution in [-0.2, 0) is 0 Å². The van der Waals surface area contributed by atoms with E-state index < -0.39 is 0 Å². The second-order valence-electron chi connectivity index (χ2n) is 2.63. The molecule has 0 unspecified atom stereocenters. The fourth-order valence-corrected chi connectivity index (χ4v) is 1.62. The summed E-state index contributed by atoms with van der Waals surface area (Å²) in [6.07, 6.45) is 6.15. The highest BCUT2D eigenvalue weighted by atomic mass is 32.1. The van der Waals surface area contributed by atoms with Crippen molar-refractivity contribution in [2.45, 2.75) is 12.8 Å². The van der Waals surface area contributed by atoms with E-state index in [4.69, 9.17) is 0 Å². The lowest BCUT2D eigenvalue weighted by Crippen LogP contribution is -2.30. The maximum atomic E-state index is 4.37. The van der Waals surface area contributed by atoms with Gasteiger partial charge in [0.2, 0.25) is 0 Å². The lowest BCUT2D eigenvalue weighted by atomic mass is 10.1.